The number of fused-ring (bicyclic) bond motifs is 3. The van der Waals surface area contributed by atoms with Gasteiger partial charge in [0.1, 0.15) is 5.84 Å². The number of anilines is 1. The second kappa shape index (κ2) is 9.03. The minimum atomic E-state index is -0.622. The lowest BCUT2D eigenvalue weighted by Gasteiger charge is -2.25. The number of carbonyl (C=O) groups excluding carboxylic acids is 2. The molecule has 1 atom stereocenters. The Morgan fingerprint density at radius 2 is 1.73 bits per heavy atom. The first-order chi connectivity index (χ1) is 16.2. The van der Waals surface area contributed by atoms with E-state index in [-0.39, 0.29) is 17.6 Å². The van der Waals surface area contributed by atoms with Gasteiger partial charge in [0.15, 0.2) is 11.2 Å². The van der Waals surface area contributed by atoms with Gasteiger partial charge in [0, 0.05) is 11.3 Å². The van der Waals surface area contributed by atoms with E-state index in [1.165, 1.54) is 11.8 Å². The molecule has 0 bridgehead atoms. The normalized spacial score (nSPS) is 16.6. The SMILES string of the molecule is CCc1ccccc1NC(=O)CSC1=Nc2ccccc2C2=N[C@H](c3ccccc3)C(=O)N12. The van der Waals surface area contributed by atoms with Gasteiger partial charge in [0.2, 0.25) is 5.91 Å². The van der Waals surface area contributed by atoms with Crippen molar-refractivity contribution in [1.29, 1.82) is 0 Å². The first-order valence-corrected chi connectivity index (χ1v) is 11.8. The first kappa shape index (κ1) is 21.2. The van der Waals surface area contributed by atoms with Crippen molar-refractivity contribution in [1.82, 2.24) is 4.90 Å². The standard InChI is InChI=1S/C26H22N4O2S/c1-2-17-10-6-8-14-20(17)27-22(31)16-33-26-28-21-15-9-7-13-19(21)24-29-23(25(32)30(24)26)18-11-4-3-5-12-18/h3-15,23H,2,16H2,1H3,(H,27,31)/t23-/m1/s1. The molecule has 3 aromatic carbocycles. The van der Waals surface area contributed by atoms with Crippen molar-refractivity contribution in [3.05, 3.63) is 95.6 Å². The van der Waals surface area contributed by atoms with E-state index in [0.717, 1.165) is 34.5 Å². The van der Waals surface area contributed by atoms with Gasteiger partial charge in [-0.1, -0.05) is 79.3 Å². The summed E-state index contributed by atoms with van der Waals surface area (Å²) in [6.45, 7) is 2.05. The van der Waals surface area contributed by atoms with Crippen molar-refractivity contribution in [2.24, 2.45) is 9.98 Å². The van der Waals surface area contributed by atoms with Gasteiger partial charge in [-0.05, 0) is 35.7 Å². The third-order valence-electron chi connectivity index (χ3n) is 5.59. The summed E-state index contributed by atoms with van der Waals surface area (Å²) >= 11 is 1.24. The number of amides is 2. The van der Waals surface area contributed by atoms with Gasteiger partial charge in [0.25, 0.3) is 5.91 Å². The summed E-state index contributed by atoms with van der Waals surface area (Å²) in [5.41, 5.74) is 4.28. The van der Waals surface area contributed by atoms with Crippen LogP contribution in [-0.2, 0) is 16.0 Å². The number of nitrogens with zero attached hydrogens (tertiary/aromatic N) is 3. The van der Waals surface area contributed by atoms with E-state index in [1.54, 1.807) is 4.90 Å². The fourth-order valence-corrected chi connectivity index (χ4v) is 4.77. The number of hydrogen-bond donors (Lipinski definition) is 1. The Morgan fingerprint density at radius 1 is 1.00 bits per heavy atom. The summed E-state index contributed by atoms with van der Waals surface area (Å²) in [5, 5.41) is 3.44. The van der Waals surface area contributed by atoms with Crippen molar-refractivity contribution in [2.75, 3.05) is 11.1 Å². The molecule has 0 aromatic heterocycles. The van der Waals surface area contributed by atoms with Crippen LogP contribution in [0.15, 0.2) is 88.8 Å². The van der Waals surface area contributed by atoms with Crippen LogP contribution in [0.25, 0.3) is 0 Å². The second-order valence-electron chi connectivity index (χ2n) is 7.70. The molecule has 3 aromatic rings. The average molecular weight is 455 g/mol. The average Bonchev–Trinajstić information content (AvgIpc) is 3.21. The molecule has 0 saturated carbocycles. The minimum Gasteiger partial charge on any atom is -0.325 e. The molecule has 6 nitrogen and oxygen atoms in total. The third kappa shape index (κ3) is 4.07. The van der Waals surface area contributed by atoms with E-state index in [9.17, 15) is 9.59 Å². The van der Waals surface area contributed by atoms with Crippen LogP contribution in [0.2, 0.25) is 0 Å². The van der Waals surface area contributed by atoms with Crippen LogP contribution < -0.4 is 5.32 Å². The number of nitrogens with one attached hydrogen (secondary N) is 1. The summed E-state index contributed by atoms with van der Waals surface area (Å²) in [6, 6.07) is 24.3. The monoisotopic (exact) mass is 454 g/mol. The fourth-order valence-electron chi connectivity index (χ4n) is 3.97. The zero-order valence-electron chi connectivity index (χ0n) is 18.1. The van der Waals surface area contributed by atoms with E-state index in [1.807, 2.05) is 78.9 Å². The van der Waals surface area contributed by atoms with Gasteiger partial charge in [-0.3, -0.25) is 9.59 Å². The Kier molecular flexibility index (Phi) is 5.79. The molecule has 2 aliphatic heterocycles. The lowest BCUT2D eigenvalue weighted by Crippen LogP contribution is -2.40. The molecular weight excluding hydrogens is 432 g/mol. The number of para-hydroxylation sites is 2. The molecule has 0 fully saturated rings. The fraction of sp³-hybridized carbons (Fsp3) is 0.154. The highest BCUT2D eigenvalue weighted by Gasteiger charge is 2.42. The predicted octanol–water partition coefficient (Wildman–Crippen LogP) is 4.95. The molecule has 5 rings (SSSR count). The molecule has 2 aliphatic rings. The summed E-state index contributed by atoms with van der Waals surface area (Å²) < 4.78 is 0. The molecule has 0 spiro atoms. The number of amidine groups is 2. The predicted molar refractivity (Wildman–Crippen MR) is 133 cm³/mol. The van der Waals surface area contributed by atoms with Crippen LogP contribution >= 0.6 is 11.8 Å². The van der Waals surface area contributed by atoms with Gasteiger partial charge < -0.3 is 5.32 Å². The van der Waals surface area contributed by atoms with Crippen LogP contribution in [-0.4, -0.2) is 33.5 Å². The minimum absolute atomic E-state index is 0.131. The van der Waals surface area contributed by atoms with E-state index in [4.69, 9.17) is 9.98 Å². The molecule has 7 heteroatoms. The van der Waals surface area contributed by atoms with Crippen molar-refractivity contribution in [2.45, 2.75) is 19.4 Å². The van der Waals surface area contributed by atoms with Gasteiger partial charge >= 0.3 is 0 Å². The molecule has 0 unspecified atom stereocenters. The number of hydrogen-bond acceptors (Lipinski definition) is 5. The topological polar surface area (TPSA) is 74.1 Å². The van der Waals surface area contributed by atoms with Crippen molar-refractivity contribution in [3.8, 4) is 0 Å². The Morgan fingerprint density at radius 3 is 2.55 bits per heavy atom. The highest BCUT2D eigenvalue weighted by molar-refractivity contribution is 8.14. The number of carbonyl (C=O) groups is 2. The Bertz CT molecular complexity index is 1290. The Balaban J connectivity index is 1.40. The first-order valence-electron chi connectivity index (χ1n) is 10.8. The molecule has 1 N–H and O–H groups in total. The van der Waals surface area contributed by atoms with Gasteiger partial charge in [-0.2, -0.15) is 0 Å². The maximum absolute atomic E-state index is 13.4. The Labute approximate surface area is 196 Å². The molecule has 164 valence electrons. The largest absolute Gasteiger partial charge is 0.325 e. The smallest absolute Gasteiger partial charge is 0.263 e. The van der Waals surface area contributed by atoms with Crippen molar-refractivity contribution >= 4 is 46.0 Å². The number of aryl methyl sites for hydroxylation is 1. The molecule has 0 aliphatic carbocycles. The van der Waals surface area contributed by atoms with E-state index < -0.39 is 6.04 Å². The van der Waals surface area contributed by atoms with Crippen LogP contribution in [0.1, 0.15) is 29.7 Å². The lowest BCUT2D eigenvalue weighted by molar-refractivity contribution is -0.124. The van der Waals surface area contributed by atoms with Crippen LogP contribution in [0.3, 0.4) is 0 Å². The Hall–Kier alpha value is -3.71. The number of aliphatic imine (C=N–C) groups is 2. The summed E-state index contributed by atoms with van der Waals surface area (Å²) in [6.07, 6.45) is 0.829. The molecule has 0 saturated heterocycles. The van der Waals surface area contributed by atoms with E-state index in [2.05, 4.69) is 12.2 Å². The summed E-state index contributed by atoms with van der Waals surface area (Å²) in [4.78, 5) is 37.1. The van der Waals surface area contributed by atoms with Crippen molar-refractivity contribution < 1.29 is 9.59 Å². The number of thioether (sulfide) groups is 1. The molecule has 2 heterocycles. The molecule has 0 radical (unpaired) electrons. The van der Waals surface area contributed by atoms with Gasteiger partial charge in [-0.25, -0.2) is 14.9 Å². The van der Waals surface area contributed by atoms with E-state index >= 15 is 0 Å². The third-order valence-corrected chi connectivity index (χ3v) is 6.53. The second-order valence-corrected chi connectivity index (χ2v) is 8.64. The summed E-state index contributed by atoms with van der Waals surface area (Å²) in [7, 11) is 0. The van der Waals surface area contributed by atoms with Crippen LogP contribution in [0, 0.1) is 0 Å². The maximum Gasteiger partial charge on any atom is 0.263 e. The van der Waals surface area contributed by atoms with Crippen molar-refractivity contribution in [3.63, 3.8) is 0 Å². The zero-order valence-corrected chi connectivity index (χ0v) is 18.9. The number of benzene rings is 3. The zero-order chi connectivity index (χ0) is 22.8. The molecule has 33 heavy (non-hydrogen) atoms. The quantitative estimate of drug-likeness (QED) is 0.593. The highest BCUT2D eigenvalue weighted by atomic mass is 32.2. The molecular formula is C26H22N4O2S. The van der Waals surface area contributed by atoms with Crippen LogP contribution in [0.4, 0.5) is 11.4 Å². The van der Waals surface area contributed by atoms with Gasteiger partial charge in [0.05, 0.1) is 11.4 Å². The molecule has 2 amide bonds. The number of rotatable bonds is 5. The van der Waals surface area contributed by atoms with Crippen LogP contribution in [0.5, 0.6) is 0 Å². The highest BCUT2D eigenvalue weighted by Crippen LogP contribution is 2.37. The van der Waals surface area contributed by atoms with Gasteiger partial charge in [-0.15, -0.1) is 0 Å². The lowest BCUT2D eigenvalue weighted by atomic mass is 10.1. The van der Waals surface area contributed by atoms with E-state index in [0.29, 0.717) is 11.0 Å². The summed E-state index contributed by atoms with van der Waals surface area (Å²) in [5.74, 6) is 0.408. The maximum atomic E-state index is 13.4.